The first kappa shape index (κ1) is 14.0. The summed E-state index contributed by atoms with van der Waals surface area (Å²) < 4.78 is 39.9. The molecule has 0 amide bonds. The SMILES string of the molecule is O=S(=O)(c1ccc(Br)c(F)c1)N1CCCCCC1. The van der Waals surface area contributed by atoms with Crippen molar-refractivity contribution in [3.63, 3.8) is 0 Å². The minimum absolute atomic E-state index is 0.0325. The summed E-state index contributed by atoms with van der Waals surface area (Å²) in [6.07, 6.45) is 3.86. The van der Waals surface area contributed by atoms with Crippen LogP contribution in [0.1, 0.15) is 25.7 Å². The molecule has 6 heteroatoms. The van der Waals surface area contributed by atoms with Gasteiger partial charge in [0.15, 0.2) is 0 Å². The minimum Gasteiger partial charge on any atom is -0.207 e. The van der Waals surface area contributed by atoms with Crippen LogP contribution in [0.15, 0.2) is 27.6 Å². The van der Waals surface area contributed by atoms with Gasteiger partial charge in [-0.1, -0.05) is 12.8 Å². The van der Waals surface area contributed by atoms with Gasteiger partial charge in [0.05, 0.1) is 9.37 Å². The van der Waals surface area contributed by atoms with Crippen LogP contribution in [0, 0.1) is 5.82 Å². The van der Waals surface area contributed by atoms with Gasteiger partial charge in [-0.05, 0) is 47.0 Å². The zero-order valence-electron chi connectivity index (χ0n) is 9.90. The second kappa shape index (κ2) is 5.67. The van der Waals surface area contributed by atoms with Crippen LogP contribution in [0.25, 0.3) is 0 Å². The van der Waals surface area contributed by atoms with E-state index in [1.807, 2.05) is 0 Å². The number of halogens is 2. The van der Waals surface area contributed by atoms with Crippen LogP contribution in [-0.2, 0) is 10.0 Å². The highest BCUT2D eigenvalue weighted by Crippen LogP contribution is 2.24. The zero-order chi connectivity index (χ0) is 13.2. The molecular weight excluding hydrogens is 321 g/mol. The van der Waals surface area contributed by atoms with E-state index in [9.17, 15) is 12.8 Å². The lowest BCUT2D eigenvalue weighted by atomic mass is 10.2. The van der Waals surface area contributed by atoms with Gasteiger partial charge in [0.2, 0.25) is 10.0 Å². The number of benzene rings is 1. The fraction of sp³-hybridized carbons (Fsp3) is 0.500. The fourth-order valence-corrected chi connectivity index (χ4v) is 3.84. The van der Waals surface area contributed by atoms with Crippen LogP contribution in [-0.4, -0.2) is 25.8 Å². The molecule has 0 N–H and O–H groups in total. The Balaban J connectivity index is 2.31. The molecule has 3 nitrogen and oxygen atoms in total. The third kappa shape index (κ3) is 2.92. The first-order valence-corrected chi connectivity index (χ1v) is 8.20. The standard InChI is InChI=1S/C12H15BrFNO2S/c13-11-6-5-10(9-12(11)14)18(16,17)15-7-3-1-2-4-8-15/h5-6,9H,1-4,7-8H2. The molecule has 0 atom stereocenters. The second-order valence-corrected chi connectivity index (χ2v) is 7.19. The summed E-state index contributed by atoms with van der Waals surface area (Å²) in [6.45, 7) is 1.06. The van der Waals surface area contributed by atoms with Gasteiger partial charge in [0.1, 0.15) is 5.82 Å². The Morgan fingerprint density at radius 1 is 1.11 bits per heavy atom. The van der Waals surface area contributed by atoms with Gasteiger partial charge in [-0.25, -0.2) is 12.8 Å². The molecule has 1 aliphatic rings. The molecule has 0 aliphatic carbocycles. The van der Waals surface area contributed by atoms with Crippen LogP contribution >= 0.6 is 15.9 Å². The molecule has 0 unspecified atom stereocenters. The molecule has 0 bridgehead atoms. The Bertz CT molecular complexity index is 525. The van der Waals surface area contributed by atoms with Gasteiger partial charge in [0.25, 0.3) is 0 Å². The van der Waals surface area contributed by atoms with E-state index in [1.165, 1.54) is 16.4 Å². The molecule has 1 heterocycles. The maximum atomic E-state index is 13.4. The van der Waals surface area contributed by atoms with Crippen molar-refractivity contribution >= 4 is 26.0 Å². The van der Waals surface area contributed by atoms with Crippen molar-refractivity contribution in [3.8, 4) is 0 Å². The molecule has 1 fully saturated rings. The highest BCUT2D eigenvalue weighted by Gasteiger charge is 2.25. The van der Waals surface area contributed by atoms with Gasteiger partial charge in [-0.3, -0.25) is 0 Å². The average molecular weight is 336 g/mol. The third-order valence-electron chi connectivity index (χ3n) is 3.09. The molecule has 0 aromatic heterocycles. The molecule has 0 radical (unpaired) electrons. The molecule has 18 heavy (non-hydrogen) atoms. The van der Waals surface area contributed by atoms with Crippen molar-refractivity contribution in [2.45, 2.75) is 30.6 Å². The Hall–Kier alpha value is -0.460. The third-order valence-corrected chi connectivity index (χ3v) is 5.63. The van der Waals surface area contributed by atoms with E-state index in [1.54, 1.807) is 0 Å². The quantitative estimate of drug-likeness (QED) is 0.832. The summed E-state index contributed by atoms with van der Waals surface area (Å²) in [5.74, 6) is -0.550. The molecule has 1 aromatic carbocycles. The van der Waals surface area contributed by atoms with Gasteiger partial charge < -0.3 is 0 Å². The normalized spacial score (nSPS) is 18.6. The molecule has 100 valence electrons. The van der Waals surface area contributed by atoms with E-state index in [0.717, 1.165) is 31.7 Å². The van der Waals surface area contributed by atoms with Crippen LogP contribution < -0.4 is 0 Å². The number of hydrogen-bond acceptors (Lipinski definition) is 2. The molecule has 1 aliphatic heterocycles. The largest absolute Gasteiger partial charge is 0.243 e. The summed E-state index contributed by atoms with van der Waals surface area (Å²) in [5.41, 5.74) is 0. The molecule has 1 saturated heterocycles. The van der Waals surface area contributed by atoms with E-state index in [0.29, 0.717) is 13.1 Å². The second-order valence-electron chi connectivity index (χ2n) is 4.39. The van der Waals surface area contributed by atoms with Crippen LogP contribution in [0.2, 0.25) is 0 Å². The number of rotatable bonds is 2. The molecule has 2 rings (SSSR count). The van der Waals surface area contributed by atoms with Crippen molar-refractivity contribution in [3.05, 3.63) is 28.5 Å². The average Bonchev–Trinajstić information content (AvgIpc) is 2.61. The van der Waals surface area contributed by atoms with Crippen LogP contribution in [0.5, 0.6) is 0 Å². The first-order chi connectivity index (χ1) is 8.51. The maximum Gasteiger partial charge on any atom is 0.243 e. The van der Waals surface area contributed by atoms with E-state index >= 15 is 0 Å². The van der Waals surface area contributed by atoms with E-state index in [-0.39, 0.29) is 9.37 Å². The number of nitrogens with zero attached hydrogens (tertiary/aromatic N) is 1. The predicted molar refractivity (Wildman–Crippen MR) is 71.3 cm³/mol. The van der Waals surface area contributed by atoms with Crippen LogP contribution in [0.3, 0.4) is 0 Å². The van der Waals surface area contributed by atoms with Crippen molar-refractivity contribution in [1.29, 1.82) is 0 Å². The minimum atomic E-state index is -3.55. The maximum absolute atomic E-state index is 13.4. The van der Waals surface area contributed by atoms with Gasteiger partial charge in [0, 0.05) is 13.1 Å². The van der Waals surface area contributed by atoms with Crippen molar-refractivity contribution in [2.24, 2.45) is 0 Å². The molecule has 1 aromatic rings. The van der Waals surface area contributed by atoms with Crippen molar-refractivity contribution in [2.75, 3.05) is 13.1 Å². The highest BCUT2D eigenvalue weighted by atomic mass is 79.9. The summed E-state index contributed by atoms with van der Waals surface area (Å²) in [7, 11) is -3.55. The summed E-state index contributed by atoms with van der Waals surface area (Å²) >= 11 is 3.02. The number of sulfonamides is 1. The Labute approximate surface area is 115 Å². The van der Waals surface area contributed by atoms with Crippen molar-refractivity contribution in [1.82, 2.24) is 4.31 Å². The highest BCUT2D eigenvalue weighted by molar-refractivity contribution is 9.10. The first-order valence-electron chi connectivity index (χ1n) is 5.97. The summed E-state index contributed by atoms with van der Waals surface area (Å²) in [4.78, 5) is 0.0325. The summed E-state index contributed by atoms with van der Waals surface area (Å²) in [5, 5.41) is 0. The Morgan fingerprint density at radius 3 is 2.28 bits per heavy atom. The fourth-order valence-electron chi connectivity index (χ4n) is 2.07. The van der Waals surface area contributed by atoms with Gasteiger partial charge in [-0.15, -0.1) is 0 Å². The summed E-state index contributed by atoms with van der Waals surface area (Å²) in [6, 6.07) is 3.94. The topological polar surface area (TPSA) is 37.4 Å². The zero-order valence-corrected chi connectivity index (χ0v) is 12.3. The number of hydrogen-bond donors (Lipinski definition) is 0. The molecular formula is C12H15BrFNO2S. The lowest BCUT2D eigenvalue weighted by Crippen LogP contribution is -2.32. The monoisotopic (exact) mass is 335 g/mol. The van der Waals surface area contributed by atoms with Gasteiger partial charge in [-0.2, -0.15) is 4.31 Å². The Kier molecular flexibility index (Phi) is 4.40. The molecule has 0 spiro atoms. The lowest BCUT2D eigenvalue weighted by molar-refractivity contribution is 0.423. The lowest BCUT2D eigenvalue weighted by Gasteiger charge is -2.19. The predicted octanol–water partition coefficient (Wildman–Crippen LogP) is 3.15. The van der Waals surface area contributed by atoms with E-state index in [2.05, 4.69) is 15.9 Å². The smallest absolute Gasteiger partial charge is 0.207 e. The van der Waals surface area contributed by atoms with E-state index in [4.69, 9.17) is 0 Å². The van der Waals surface area contributed by atoms with Crippen LogP contribution in [0.4, 0.5) is 4.39 Å². The Morgan fingerprint density at radius 2 is 1.72 bits per heavy atom. The van der Waals surface area contributed by atoms with E-state index < -0.39 is 15.8 Å². The van der Waals surface area contributed by atoms with Crippen molar-refractivity contribution < 1.29 is 12.8 Å². The molecule has 0 saturated carbocycles. The van der Waals surface area contributed by atoms with Gasteiger partial charge >= 0.3 is 0 Å².